The summed E-state index contributed by atoms with van der Waals surface area (Å²) >= 11 is 6.07. The fourth-order valence-electron chi connectivity index (χ4n) is 1.79. The molecule has 0 saturated heterocycles. The number of H-pyrrole nitrogens is 1. The van der Waals surface area contributed by atoms with Crippen LogP contribution in [0.3, 0.4) is 0 Å². The Morgan fingerprint density at radius 2 is 2.00 bits per heavy atom. The van der Waals surface area contributed by atoms with Crippen LogP contribution in [0.1, 0.15) is 16.8 Å². The summed E-state index contributed by atoms with van der Waals surface area (Å²) < 4.78 is 1.22. The Morgan fingerprint density at radius 3 is 2.65 bits per heavy atom. The largest absolute Gasteiger partial charge is 0.373 e. The topological polar surface area (TPSA) is 79.8 Å². The van der Waals surface area contributed by atoms with Crippen LogP contribution in [0.15, 0.2) is 21.7 Å². The molecule has 0 amide bonds. The monoisotopic (exact) mass is 294 g/mol. The van der Waals surface area contributed by atoms with Gasteiger partial charge in [0, 0.05) is 18.2 Å². The van der Waals surface area contributed by atoms with Gasteiger partial charge in [-0.1, -0.05) is 11.6 Å². The zero-order chi connectivity index (χ0) is 14.9. The Kier molecular flexibility index (Phi) is 3.94. The van der Waals surface area contributed by atoms with Crippen LogP contribution in [0.5, 0.6) is 0 Å². The standard InChI is InChI=1S/C13H15ClN4O2/c1-7-8(2)13(20)18(17-12(7)19)6-10-9(14)4-5-11(15-3)16-10/h4-5H,6H2,1-3H3,(H,15,16)(H,17,19). The summed E-state index contributed by atoms with van der Waals surface area (Å²) in [5.41, 5.74) is 0.821. The van der Waals surface area contributed by atoms with Crippen molar-refractivity contribution in [3.8, 4) is 0 Å². The molecular weight excluding hydrogens is 280 g/mol. The van der Waals surface area contributed by atoms with Crippen LogP contribution in [0.4, 0.5) is 5.82 Å². The van der Waals surface area contributed by atoms with E-state index < -0.39 is 0 Å². The van der Waals surface area contributed by atoms with Gasteiger partial charge in [-0.2, -0.15) is 0 Å². The first kappa shape index (κ1) is 14.3. The van der Waals surface area contributed by atoms with Gasteiger partial charge in [0.05, 0.1) is 17.3 Å². The molecule has 0 fully saturated rings. The molecule has 0 aliphatic heterocycles. The summed E-state index contributed by atoms with van der Waals surface area (Å²) in [6, 6.07) is 3.43. The van der Waals surface area contributed by atoms with Crippen LogP contribution in [0, 0.1) is 13.8 Å². The third-order valence-electron chi connectivity index (χ3n) is 3.19. The lowest BCUT2D eigenvalue weighted by Gasteiger charge is -2.10. The van der Waals surface area contributed by atoms with E-state index in [1.54, 1.807) is 33.0 Å². The van der Waals surface area contributed by atoms with Gasteiger partial charge >= 0.3 is 0 Å². The second-order valence-corrected chi connectivity index (χ2v) is 4.86. The van der Waals surface area contributed by atoms with Crippen molar-refractivity contribution in [3.63, 3.8) is 0 Å². The molecule has 0 aliphatic carbocycles. The molecule has 0 aromatic carbocycles. The first-order valence-electron chi connectivity index (χ1n) is 6.07. The molecule has 20 heavy (non-hydrogen) atoms. The SMILES string of the molecule is CNc1ccc(Cl)c(Cn2[nH]c(=O)c(C)c(C)c2=O)n1. The van der Waals surface area contributed by atoms with Crippen molar-refractivity contribution >= 4 is 17.4 Å². The molecule has 0 saturated carbocycles. The maximum atomic E-state index is 12.1. The maximum Gasteiger partial charge on any atom is 0.268 e. The van der Waals surface area contributed by atoms with Gasteiger partial charge < -0.3 is 5.32 Å². The third-order valence-corrected chi connectivity index (χ3v) is 3.53. The third kappa shape index (κ3) is 2.60. The van der Waals surface area contributed by atoms with Crippen molar-refractivity contribution in [1.82, 2.24) is 14.8 Å². The Balaban J connectivity index is 2.51. The molecule has 2 aromatic rings. The number of nitrogens with zero attached hydrogens (tertiary/aromatic N) is 2. The zero-order valence-corrected chi connectivity index (χ0v) is 12.2. The van der Waals surface area contributed by atoms with Gasteiger partial charge in [0.25, 0.3) is 11.1 Å². The Morgan fingerprint density at radius 1 is 1.30 bits per heavy atom. The summed E-state index contributed by atoms with van der Waals surface area (Å²) in [6.07, 6.45) is 0. The number of aromatic nitrogens is 3. The van der Waals surface area contributed by atoms with Crippen LogP contribution >= 0.6 is 11.6 Å². The molecule has 2 N–H and O–H groups in total. The van der Waals surface area contributed by atoms with Gasteiger partial charge in [-0.25, -0.2) is 9.67 Å². The predicted octanol–water partition coefficient (Wildman–Crippen LogP) is 1.29. The van der Waals surface area contributed by atoms with E-state index >= 15 is 0 Å². The van der Waals surface area contributed by atoms with Crippen molar-refractivity contribution < 1.29 is 0 Å². The molecule has 2 heterocycles. The van der Waals surface area contributed by atoms with Crippen molar-refractivity contribution in [2.75, 3.05) is 12.4 Å². The van der Waals surface area contributed by atoms with Gasteiger partial charge in [0.1, 0.15) is 5.82 Å². The molecule has 106 valence electrons. The molecule has 2 rings (SSSR count). The highest BCUT2D eigenvalue weighted by Gasteiger charge is 2.10. The smallest absolute Gasteiger partial charge is 0.268 e. The van der Waals surface area contributed by atoms with E-state index in [-0.39, 0.29) is 17.7 Å². The quantitative estimate of drug-likeness (QED) is 0.894. The number of rotatable bonds is 3. The first-order valence-corrected chi connectivity index (χ1v) is 6.45. The first-order chi connectivity index (χ1) is 9.43. The molecule has 0 aliphatic rings. The van der Waals surface area contributed by atoms with Crippen LogP contribution < -0.4 is 16.4 Å². The highest BCUT2D eigenvalue weighted by Crippen LogP contribution is 2.16. The molecule has 0 spiro atoms. The highest BCUT2D eigenvalue weighted by atomic mass is 35.5. The summed E-state index contributed by atoms with van der Waals surface area (Å²) in [7, 11) is 1.74. The van der Waals surface area contributed by atoms with Crippen LogP contribution in [-0.2, 0) is 6.54 Å². The fraction of sp³-hybridized carbons (Fsp3) is 0.308. The average Bonchev–Trinajstić information content (AvgIpc) is 2.44. The van der Waals surface area contributed by atoms with Gasteiger partial charge in [-0.05, 0) is 26.0 Å². The molecule has 2 aromatic heterocycles. The highest BCUT2D eigenvalue weighted by molar-refractivity contribution is 6.31. The molecule has 0 bridgehead atoms. The molecule has 0 atom stereocenters. The lowest BCUT2D eigenvalue weighted by atomic mass is 10.2. The second-order valence-electron chi connectivity index (χ2n) is 4.46. The number of aromatic amines is 1. The lowest BCUT2D eigenvalue weighted by Crippen LogP contribution is -2.33. The summed E-state index contributed by atoms with van der Waals surface area (Å²) in [5.74, 6) is 0.642. The van der Waals surface area contributed by atoms with Gasteiger partial charge in [0.2, 0.25) is 0 Å². The summed E-state index contributed by atoms with van der Waals surface area (Å²) in [5, 5.41) is 5.87. The molecule has 0 unspecified atom stereocenters. The van der Waals surface area contributed by atoms with Crippen molar-refractivity contribution in [1.29, 1.82) is 0 Å². The Labute approximate surface area is 120 Å². The van der Waals surface area contributed by atoms with Crippen molar-refractivity contribution in [2.45, 2.75) is 20.4 Å². The van der Waals surface area contributed by atoms with Crippen molar-refractivity contribution in [2.24, 2.45) is 0 Å². The molecular formula is C13H15ClN4O2. The van der Waals surface area contributed by atoms with Gasteiger partial charge in [-0.3, -0.25) is 14.7 Å². The number of hydrogen-bond acceptors (Lipinski definition) is 4. The predicted molar refractivity (Wildman–Crippen MR) is 78.7 cm³/mol. The number of hydrogen-bond donors (Lipinski definition) is 2. The van der Waals surface area contributed by atoms with Crippen molar-refractivity contribution in [3.05, 3.63) is 54.7 Å². The van der Waals surface area contributed by atoms with E-state index in [2.05, 4.69) is 15.4 Å². The van der Waals surface area contributed by atoms with Gasteiger partial charge in [0.15, 0.2) is 0 Å². The molecule has 7 heteroatoms. The van der Waals surface area contributed by atoms with E-state index in [9.17, 15) is 9.59 Å². The maximum absolute atomic E-state index is 12.1. The van der Waals surface area contributed by atoms with Crippen LogP contribution in [0.2, 0.25) is 5.02 Å². The van der Waals surface area contributed by atoms with E-state index in [1.807, 2.05) is 0 Å². The minimum absolute atomic E-state index is 0.115. The normalized spacial score (nSPS) is 10.6. The summed E-state index contributed by atoms with van der Waals surface area (Å²) in [6.45, 7) is 3.36. The lowest BCUT2D eigenvalue weighted by molar-refractivity contribution is 0.609. The van der Waals surface area contributed by atoms with E-state index in [1.165, 1.54) is 4.68 Å². The average molecular weight is 295 g/mol. The summed E-state index contributed by atoms with van der Waals surface area (Å²) in [4.78, 5) is 28.1. The Bertz CT molecular complexity index is 764. The van der Waals surface area contributed by atoms with Gasteiger partial charge in [-0.15, -0.1) is 0 Å². The minimum Gasteiger partial charge on any atom is -0.373 e. The van der Waals surface area contributed by atoms with E-state index in [0.717, 1.165) is 0 Å². The number of pyridine rings is 1. The Hall–Kier alpha value is -2.08. The van der Waals surface area contributed by atoms with Crippen LogP contribution in [0.25, 0.3) is 0 Å². The second kappa shape index (κ2) is 5.50. The molecule has 0 radical (unpaired) electrons. The van der Waals surface area contributed by atoms with Crippen LogP contribution in [-0.4, -0.2) is 21.8 Å². The minimum atomic E-state index is -0.289. The number of nitrogens with one attached hydrogen (secondary N) is 2. The zero-order valence-electron chi connectivity index (χ0n) is 11.5. The van der Waals surface area contributed by atoms with E-state index in [4.69, 9.17) is 11.6 Å². The van der Waals surface area contributed by atoms with E-state index in [0.29, 0.717) is 27.7 Å². The number of halogens is 1. The molecule has 6 nitrogen and oxygen atoms in total. The number of anilines is 1. The fourth-order valence-corrected chi connectivity index (χ4v) is 1.95.